The SMILES string of the molecule is CCN(CC)S(=O)(=O)N(C)Cc1nc([C@H]2CCCNC2)cc(N(C)C)n1. The van der Waals surface area contributed by atoms with Crippen LogP contribution >= 0.6 is 0 Å². The van der Waals surface area contributed by atoms with Crippen LogP contribution in [0.4, 0.5) is 5.82 Å². The fourth-order valence-corrected chi connectivity index (χ4v) is 4.47. The largest absolute Gasteiger partial charge is 0.363 e. The summed E-state index contributed by atoms with van der Waals surface area (Å²) < 4.78 is 28.1. The van der Waals surface area contributed by atoms with E-state index in [0.717, 1.165) is 37.4 Å². The quantitative estimate of drug-likeness (QED) is 0.721. The molecule has 2 heterocycles. The van der Waals surface area contributed by atoms with Crippen molar-refractivity contribution in [3.63, 3.8) is 0 Å². The lowest BCUT2D eigenvalue weighted by atomic mass is 9.96. The molecule has 2 rings (SSSR count). The summed E-state index contributed by atoms with van der Waals surface area (Å²) in [6.45, 7) is 6.67. The predicted octanol–water partition coefficient (Wildman–Crippen LogP) is 1.03. The summed E-state index contributed by atoms with van der Waals surface area (Å²) in [4.78, 5) is 11.2. The molecule has 148 valence electrons. The maximum absolute atomic E-state index is 12.7. The molecular formula is C17H32N6O2S. The number of anilines is 1. The minimum Gasteiger partial charge on any atom is -0.363 e. The molecule has 1 aromatic heterocycles. The van der Waals surface area contributed by atoms with Gasteiger partial charge in [-0.1, -0.05) is 13.8 Å². The first-order chi connectivity index (χ1) is 12.3. The Morgan fingerprint density at radius 2 is 1.88 bits per heavy atom. The minimum absolute atomic E-state index is 0.160. The van der Waals surface area contributed by atoms with Gasteiger partial charge in [-0.3, -0.25) is 0 Å². The Balaban J connectivity index is 2.28. The van der Waals surface area contributed by atoms with Crippen LogP contribution in [-0.4, -0.2) is 74.3 Å². The summed E-state index contributed by atoms with van der Waals surface area (Å²) in [6, 6.07) is 2.01. The molecule has 0 unspecified atom stereocenters. The minimum atomic E-state index is -3.51. The van der Waals surface area contributed by atoms with Crippen LogP contribution in [0.5, 0.6) is 0 Å². The average molecular weight is 385 g/mol. The van der Waals surface area contributed by atoms with Crippen LogP contribution in [0.15, 0.2) is 6.07 Å². The van der Waals surface area contributed by atoms with E-state index in [1.807, 2.05) is 38.9 Å². The van der Waals surface area contributed by atoms with Crippen molar-refractivity contribution in [2.75, 3.05) is 52.2 Å². The second-order valence-corrected chi connectivity index (χ2v) is 8.89. The van der Waals surface area contributed by atoms with Crippen molar-refractivity contribution in [3.8, 4) is 0 Å². The molecule has 0 saturated carbocycles. The van der Waals surface area contributed by atoms with Gasteiger partial charge in [0.25, 0.3) is 10.2 Å². The molecule has 0 aromatic carbocycles. The zero-order valence-electron chi connectivity index (χ0n) is 16.6. The standard InChI is InChI=1S/C17H32N6O2S/c1-6-23(7-2)26(24,25)22(5)13-16-19-15(11-17(20-16)21(3)4)14-9-8-10-18-12-14/h11,14,18H,6-10,12-13H2,1-5H3/t14-/m0/s1. The second-order valence-electron chi connectivity index (χ2n) is 6.85. The average Bonchev–Trinajstić information content (AvgIpc) is 2.62. The van der Waals surface area contributed by atoms with Crippen molar-refractivity contribution in [2.24, 2.45) is 0 Å². The van der Waals surface area contributed by atoms with Gasteiger partial charge in [0.1, 0.15) is 11.6 Å². The van der Waals surface area contributed by atoms with Crippen LogP contribution in [0.25, 0.3) is 0 Å². The van der Waals surface area contributed by atoms with Crippen LogP contribution < -0.4 is 10.2 Å². The van der Waals surface area contributed by atoms with E-state index in [1.165, 1.54) is 8.61 Å². The van der Waals surface area contributed by atoms with Gasteiger partial charge in [-0.15, -0.1) is 0 Å². The van der Waals surface area contributed by atoms with Crippen molar-refractivity contribution in [1.29, 1.82) is 0 Å². The molecule has 1 saturated heterocycles. The first-order valence-electron chi connectivity index (χ1n) is 9.26. The first-order valence-corrected chi connectivity index (χ1v) is 10.7. The molecule has 0 radical (unpaired) electrons. The molecule has 8 nitrogen and oxygen atoms in total. The van der Waals surface area contributed by atoms with Crippen LogP contribution in [0.3, 0.4) is 0 Å². The third-order valence-electron chi connectivity index (χ3n) is 4.74. The maximum atomic E-state index is 12.7. The second kappa shape index (κ2) is 9.07. The van der Waals surface area contributed by atoms with E-state index < -0.39 is 10.2 Å². The smallest absolute Gasteiger partial charge is 0.282 e. The lowest BCUT2D eigenvalue weighted by Gasteiger charge is -2.26. The van der Waals surface area contributed by atoms with Gasteiger partial charge in [0, 0.05) is 52.8 Å². The molecule has 26 heavy (non-hydrogen) atoms. The third-order valence-corrected chi connectivity index (χ3v) is 6.83. The molecule has 0 bridgehead atoms. The van der Waals surface area contributed by atoms with E-state index in [9.17, 15) is 8.42 Å². The molecule has 9 heteroatoms. The topological polar surface area (TPSA) is 81.7 Å². The van der Waals surface area contributed by atoms with E-state index in [2.05, 4.69) is 10.3 Å². The summed E-state index contributed by atoms with van der Waals surface area (Å²) in [6.07, 6.45) is 2.21. The van der Waals surface area contributed by atoms with Crippen molar-refractivity contribution in [3.05, 3.63) is 17.6 Å². The molecule has 1 fully saturated rings. The highest BCUT2D eigenvalue weighted by atomic mass is 32.2. The van der Waals surface area contributed by atoms with Crippen molar-refractivity contribution in [1.82, 2.24) is 23.9 Å². The molecule has 1 aromatic rings. The Hall–Kier alpha value is -1.29. The fraction of sp³-hybridized carbons (Fsp3) is 0.765. The van der Waals surface area contributed by atoms with Crippen LogP contribution in [0.1, 0.15) is 44.1 Å². The number of aromatic nitrogens is 2. The van der Waals surface area contributed by atoms with Gasteiger partial charge >= 0.3 is 0 Å². The number of piperidine rings is 1. The fourth-order valence-electron chi connectivity index (χ4n) is 3.14. The highest BCUT2D eigenvalue weighted by molar-refractivity contribution is 7.86. The van der Waals surface area contributed by atoms with Crippen molar-refractivity contribution < 1.29 is 8.42 Å². The van der Waals surface area contributed by atoms with Gasteiger partial charge in [0.15, 0.2) is 0 Å². The summed E-state index contributed by atoms with van der Waals surface area (Å²) >= 11 is 0. The van der Waals surface area contributed by atoms with E-state index in [-0.39, 0.29) is 6.54 Å². The Morgan fingerprint density at radius 1 is 1.19 bits per heavy atom. The lowest BCUT2D eigenvalue weighted by Crippen LogP contribution is -2.41. The maximum Gasteiger partial charge on any atom is 0.282 e. The molecule has 1 atom stereocenters. The summed E-state index contributed by atoms with van der Waals surface area (Å²) in [5.74, 6) is 1.69. The van der Waals surface area contributed by atoms with E-state index in [1.54, 1.807) is 7.05 Å². The zero-order chi connectivity index (χ0) is 19.3. The Morgan fingerprint density at radius 3 is 2.42 bits per heavy atom. The van der Waals surface area contributed by atoms with Crippen LogP contribution in [0.2, 0.25) is 0 Å². The van der Waals surface area contributed by atoms with Gasteiger partial charge in [0.2, 0.25) is 0 Å². The first kappa shape index (κ1) is 21.0. The summed E-state index contributed by atoms with van der Waals surface area (Å²) in [5, 5.41) is 3.41. The third kappa shape index (κ3) is 4.91. The van der Waals surface area contributed by atoms with Gasteiger partial charge in [-0.25, -0.2) is 9.97 Å². The monoisotopic (exact) mass is 384 g/mol. The molecule has 1 aliphatic heterocycles. The molecule has 0 spiro atoms. The lowest BCUT2D eigenvalue weighted by molar-refractivity contribution is 0.370. The highest BCUT2D eigenvalue weighted by Crippen LogP contribution is 2.24. The van der Waals surface area contributed by atoms with E-state index in [0.29, 0.717) is 24.8 Å². The number of rotatable bonds is 8. The Bertz CT molecular complexity index is 684. The summed E-state index contributed by atoms with van der Waals surface area (Å²) in [5.41, 5.74) is 0.986. The van der Waals surface area contributed by atoms with Gasteiger partial charge in [-0.2, -0.15) is 17.0 Å². The number of nitrogens with zero attached hydrogens (tertiary/aromatic N) is 5. The Labute approximate surface area is 157 Å². The molecule has 0 amide bonds. The number of nitrogens with one attached hydrogen (secondary N) is 1. The van der Waals surface area contributed by atoms with Gasteiger partial charge in [0.05, 0.1) is 12.2 Å². The zero-order valence-corrected chi connectivity index (χ0v) is 17.4. The number of hydrogen-bond acceptors (Lipinski definition) is 6. The van der Waals surface area contributed by atoms with Crippen LogP contribution in [-0.2, 0) is 16.8 Å². The van der Waals surface area contributed by atoms with E-state index >= 15 is 0 Å². The Kier molecular flexibility index (Phi) is 7.33. The molecular weight excluding hydrogens is 352 g/mol. The normalized spacial score (nSPS) is 18.5. The van der Waals surface area contributed by atoms with E-state index in [4.69, 9.17) is 4.98 Å². The van der Waals surface area contributed by atoms with Crippen molar-refractivity contribution in [2.45, 2.75) is 39.2 Å². The summed E-state index contributed by atoms with van der Waals surface area (Å²) in [7, 11) is 1.95. The molecule has 1 N–H and O–H groups in total. The highest BCUT2D eigenvalue weighted by Gasteiger charge is 2.26. The van der Waals surface area contributed by atoms with Gasteiger partial charge < -0.3 is 10.2 Å². The van der Waals surface area contributed by atoms with Crippen molar-refractivity contribution >= 4 is 16.0 Å². The van der Waals surface area contributed by atoms with Crippen LogP contribution in [0, 0.1) is 0 Å². The molecule has 0 aliphatic carbocycles. The predicted molar refractivity (Wildman–Crippen MR) is 105 cm³/mol. The number of hydrogen-bond donors (Lipinski definition) is 1. The molecule has 1 aliphatic rings. The van der Waals surface area contributed by atoms with Gasteiger partial charge in [-0.05, 0) is 19.4 Å².